The van der Waals surface area contributed by atoms with E-state index in [2.05, 4.69) is 88.5 Å². The first-order valence-electron chi connectivity index (χ1n) is 7.30. The SMILES string of the molecule is Cc1cccc(NC(C)c2ccc(C(C)(C)C)cc2)c1. The van der Waals surface area contributed by atoms with E-state index in [-0.39, 0.29) is 5.41 Å². The van der Waals surface area contributed by atoms with Crippen LogP contribution in [0.25, 0.3) is 0 Å². The number of rotatable bonds is 3. The van der Waals surface area contributed by atoms with Crippen molar-refractivity contribution in [3.8, 4) is 0 Å². The molecule has 0 amide bonds. The Morgan fingerprint density at radius 1 is 0.950 bits per heavy atom. The van der Waals surface area contributed by atoms with Crippen molar-refractivity contribution in [2.24, 2.45) is 0 Å². The van der Waals surface area contributed by atoms with Crippen molar-refractivity contribution < 1.29 is 0 Å². The zero-order valence-electron chi connectivity index (χ0n) is 13.2. The number of hydrogen-bond acceptors (Lipinski definition) is 1. The summed E-state index contributed by atoms with van der Waals surface area (Å²) in [5, 5.41) is 3.56. The molecule has 1 unspecified atom stereocenters. The Morgan fingerprint density at radius 3 is 2.15 bits per heavy atom. The summed E-state index contributed by atoms with van der Waals surface area (Å²) in [6.07, 6.45) is 0. The van der Waals surface area contributed by atoms with Gasteiger partial charge in [0.05, 0.1) is 0 Å². The lowest BCUT2D eigenvalue weighted by Gasteiger charge is -2.21. The molecule has 0 aromatic heterocycles. The highest BCUT2D eigenvalue weighted by molar-refractivity contribution is 5.47. The Morgan fingerprint density at radius 2 is 1.60 bits per heavy atom. The van der Waals surface area contributed by atoms with Crippen molar-refractivity contribution in [3.63, 3.8) is 0 Å². The largest absolute Gasteiger partial charge is 0.379 e. The molecule has 2 aromatic rings. The van der Waals surface area contributed by atoms with Gasteiger partial charge in [0, 0.05) is 11.7 Å². The molecule has 1 heteroatoms. The Kier molecular flexibility index (Phi) is 4.17. The van der Waals surface area contributed by atoms with Crippen LogP contribution in [0.2, 0.25) is 0 Å². The predicted molar refractivity (Wildman–Crippen MR) is 88.4 cm³/mol. The quantitative estimate of drug-likeness (QED) is 0.778. The van der Waals surface area contributed by atoms with E-state index in [0.29, 0.717) is 6.04 Å². The lowest BCUT2D eigenvalue weighted by atomic mass is 9.86. The van der Waals surface area contributed by atoms with Gasteiger partial charge in [-0.25, -0.2) is 0 Å². The second-order valence-electron chi connectivity index (χ2n) is 6.61. The zero-order chi connectivity index (χ0) is 14.8. The maximum atomic E-state index is 3.56. The predicted octanol–water partition coefficient (Wildman–Crippen LogP) is 5.47. The van der Waals surface area contributed by atoms with Crippen LogP contribution in [0.3, 0.4) is 0 Å². The van der Waals surface area contributed by atoms with Gasteiger partial charge in [-0.1, -0.05) is 57.2 Å². The highest BCUT2D eigenvalue weighted by Crippen LogP contribution is 2.25. The first-order chi connectivity index (χ1) is 9.36. The van der Waals surface area contributed by atoms with Crippen molar-refractivity contribution in [1.29, 1.82) is 0 Å². The van der Waals surface area contributed by atoms with Gasteiger partial charge in [-0.2, -0.15) is 0 Å². The van der Waals surface area contributed by atoms with Gasteiger partial charge in [-0.15, -0.1) is 0 Å². The van der Waals surface area contributed by atoms with Crippen LogP contribution in [0, 0.1) is 6.92 Å². The summed E-state index contributed by atoms with van der Waals surface area (Å²) in [4.78, 5) is 0. The molecule has 0 aliphatic carbocycles. The fourth-order valence-electron chi connectivity index (χ4n) is 2.34. The molecule has 20 heavy (non-hydrogen) atoms. The molecule has 0 saturated carbocycles. The number of benzene rings is 2. The minimum Gasteiger partial charge on any atom is -0.379 e. The molecular weight excluding hydrogens is 242 g/mol. The van der Waals surface area contributed by atoms with Gasteiger partial charge in [0.2, 0.25) is 0 Å². The summed E-state index contributed by atoms with van der Waals surface area (Å²) >= 11 is 0. The number of nitrogens with one attached hydrogen (secondary N) is 1. The molecule has 0 radical (unpaired) electrons. The lowest BCUT2D eigenvalue weighted by Crippen LogP contribution is -2.12. The Balaban J connectivity index is 2.11. The number of anilines is 1. The summed E-state index contributed by atoms with van der Waals surface area (Å²) in [5.41, 5.74) is 5.37. The standard InChI is InChI=1S/C19H25N/c1-14-7-6-8-18(13-14)20-15(2)16-9-11-17(12-10-16)19(3,4)5/h6-13,15,20H,1-5H3. The normalized spacial score (nSPS) is 13.1. The van der Waals surface area contributed by atoms with E-state index in [0.717, 1.165) is 0 Å². The van der Waals surface area contributed by atoms with Gasteiger partial charge >= 0.3 is 0 Å². The smallest absolute Gasteiger partial charge is 0.0485 e. The molecule has 106 valence electrons. The monoisotopic (exact) mass is 267 g/mol. The highest BCUT2D eigenvalue weighted by atomic mass is 14.9. The first-order valence-corrected chi connectivity index (χ1v) is 7.30. The van der Waals surface area contributed by atoms with Gasteiger partial charge < -0.3 is 5.32 Å². The molecule has 0 bridgehead atoms. The summed E-state index contributed by atoms with van der Waals surface area (Å²) < 4.78 is 0. The van der Waals surface area contributed by atoms with Gasteiger partial charge in [0.1, 0.15) is 0 Å². The van der Waals surface area contributed by atoms with Crippen LogP contribution >= 0.6 is 0 Å². The van der Waals surface area contributed by atoms with E-state index in [1.54, 1.807) is 0 Å². The van der Waals surface area contributed by atoms with Crippen molar-refractivity contribution in [2.45, 2.75) is 46.1 Å². The fourth-order valence-corrected chi connectivity index (χ4v) is 2.34. The third-order valence-electron chi connectivity index (χ3n) is 3.68. The number of aryl methyl sites for hydroxylation is 1. The molecule has 0 aliphatic rings. The third-order valence-corrected chi connectivity index (χ3v) is 3.68. The molecule has 2 rings (SSSR count). The van der Waals surface area contributed by atoms with Crippen molar-refractivity contribution in [3.05, 3.63) is 65.2 Å². The van der Waals surface area contributed by atoms with Crippen LogP contribution in [0.1, 0.15) is 50.4 Å². The van der Waals surface area contributed by atoms with Crippen LogP contribution in [0.15, 0.2) is 48.5 Å². The molecule has 0 spiro atoms. The third kappa shape index (κ3) is 3.63. The molecular formula is C19H25N. The molecule has 1 atom stereocenters. The molecule has 0 fully saturated rings. The van der Waals surface area contributed by atoms with Crippen LogP contribution in [-0.4, -0.2) is 0 Å². The van der Waals surface area contributed by atoms with Crippen molar-refractivity contribution in [1.82, 2.24) is 0 Å². The topological polar surface area (TPSA) is 12.0 Å². The van der Waals surface area contributed by atoms with Crippen molar-refractivity contribution in [2.75, 3.05) is 5.32 Å². The van der Waals surface area contributed by atoms with Crippen molar-refractivity contribution >= 4 is 5.69 Å². The van der Waals surface area contributed by atoms with Crippen LogP contribution < -0.4 is 5.32 Å². The van der Waals surface area contributed by atoms with Gasteiger partial charge in [-0.3, -0.25) is 0 Å². The summed E-state index contributed by atoms with van der Waals surface area (Å²) in [6.45, 7) is 11.1. The maximum absolute atomic E-state index is 3.56. The molecule has 2 aromatic carbocycles. The Hall–Kier alpha value is -1.76. The first kappa shape index (κ1) is 14.6. The fraction of sp³-hybridized carbons (Fsp3) is 0.368. The van der Waals surface area contributed by atoms with Gasteiger partial charge in [-0.05, 0) is 48.1 Å². The second-order valence-corrected chi connectivity index (χ2v) is 6.61. The van der Waals surface area contributed by atoms with E-state index in [1.807, 2.05) is 0 Å². The van der Waals surface area contributed by atoms with Crippen LogP contribution in [-0.2, 0) is 5.41 Å². The van der Waals surface area contributed by atoms with Crippen LogP contribution in [0.4, 0.5) is 5.69 Å². The average Bonchev–Trinajstić information content (AvgIpc) is 2.38. The maximum Gasteiger partial charge on any atom is 0.0485 e. The molecule has 1 N–H and O–H groups in total. The summed E-state index contributed by atoms with van der Waals surface area (Å²) in [5.74, 6) is 0. The molecule has 1 nitrogen and oxygen atoms in total. The van der Waals surface area contributed by atoms with Crippen LogP contribution in [0.5, 0.6) is 0 Å². The van der Waals surface area contributed by atoms with E-state index in [1.165, 1.54) is 22.4 Å². The minimum atomic E-state index is 0.214. The summed E-state index contributed by atoms with van der Waals surface area (Å²) in [7, 11) is 0. The molecule has 0 saturated heterocycles. The van der Waals surface area contributed by atoms with E-state index in [9.17, 15) is 0 Å². The van der Waals surface area contributed by atoms with Gasteiger partial charge in [0.25, 0.3) is 0 Å². The Labute approximate surface area is 123 Å². The molecule has 0 heterocycles. The molecule has 0 aliphatic heterocycles. The number of hydrogen-bond donors (Lipinski definition) is 1. The highest BCUT2D eigenvalue weighted by Gasteiger charge is 2.14. The summed E-state index contributed by atoms with van der Waals surface area (Å²) in [6, 6.07) is 17.8. The van der Waals surface area contributed by atoms with E-state index in [4.69, 9.17) is 0 Å². The average molecular weight is 267 g/mol. The van der Waals surface area contributed by atoms with Gasteiger partial charge in [0.15, 0.2) is 0 Å². The minimum absolute atomic E-state index is 0.214. The lowest BCUT2D eigenvalue weighted by molar-refractivity contribution is 0.589. The Bertz CT molecular complexity index is 561. The van der Waals surface area contributed by atoms with E-state index < -0.39 is 0 Å². The van der Waals surface area contributed by atoms with E-state index >= 15 is 0 Å². The zero-order valence-corrected chi connectivity index (χ0v) is 13.2. The second kappa shape index (κ2) is 5.70.